The smallest absolute Gasteiger partial charge is 0.416 e. The largest absolute Gasteiger partial charge is 0.449 e. The monoisotopic (exact) mass is 514 g/mol. The van der Waals surface area contributed by atoms with Crippen LogP contribution in [0, 0.1) is 17.0 Å². The third kappa shape index (κ3) is 5.41. The lowest BCUT2D eigenvalue weighted by Crippen LogP contribution is -2.27. The Morgan fingerprint density at radius 3 is 2.39 bits per heavy atom. The number of hydrogen-bond acceptors (Lipinski definition) is 6. The molecule has 0 aliphatic carbocycles. The number of nitro groups is 1. The van der Waals surface area contributed by atoms with Gasteiger partial charge in [-0.1, -0.05) is 48.0 Å². The Kier molecular flexibility index (Phi) is 6.84. The standard InChI is InChI=1S/C25H17F3N2O5S/c1-15-6-8-16(9-7-15)14-29-23(31)22(36-24(29)32)12-17-4-2-3-5-20(17)35-21-11-10-18(25(26,27)28)13-19(21)30(33)34/h2-13H,14H2,1H3/b22-12-. The van der Waals surface area contributed by atoms with Gasteiger partial charge in [-0.05, 0) is 48.5 Å². The first-order valence-corrected chi connectivity index (χ1v) is 11.3. The predicted molar refractivity (Wildman–Crippen MR) is 127 cm³/mol. The zero-order valence-electron chi connectivity index (χ0n) is 18.6. The highest BCUT2D eigenvalue weighted by molar-refractivity contribution is 8.18. The molecule has 1 saturated heterocycles. The van der Waals surface area contributed by atoms with Crippen LogP contribution in [-0.2, 0) is 17.5 Å². The van der Waals surface area contributed by atoms with Gasteiger partial charge in [-0.3, -0.25) is 24.6 Å². The number of ether oxygens (including phenoxy) is 1. The summed E-state index contributed by atoms with van der Waals surface area (Å²) in [4.78, 5) is 37.1. The normalized spacial score (nSPS) is 15.0. The molecule has 2 amide bonds. The van der Waals surface area contributed by atoms with Crippen LogP contribution >= 0.6 is 11.8 Å². The molecule has 0 unspecified atom stereocenters. The summed E-state index contributed by atoms with van der Waals surface area (Å²) in [6, 6.07) is 15.5. The van der Waals surface area contributed by atoms with E-state index in [1.54, 1.807) is 18.2 Å². The minimum Gasteiger partial charge on any atom is -0.449 e. The lowest BCUT2D eigenvalue weighted by atomic mass is 10.1. The van der Waals surface area contributed by atoms with Crippen molar-refractivity contribution < 1.29 is 32.4 Å². The zero-order chi connectivity index (χ0) is 26.0. The summed E-state index contributed by atoms with van der Waals surface area (Å²) in [5.74, 6) is -0.854. The first-order chi connectivity index (χ1) is 17.0. The number of aryl methyl sites for hydroxylation is 1. The van der Waals surface area contributed by atoms with Gasteiger partial charge in [0.05, 0.1) is 21.9 Å². The number of hydrogen-bond donors (Lipinski definition) is 0. The van der Waals surface area contributed by atoms with Crippen LogP contribution in [-0.4, -0.2) is 21.0 Å². The van der Waals surface area contributed by atoms with Gasteiger partial charge < -0.3 is 4.74 Å². The predicted octanol–water partition coefficient (Wildman–Crippen LogP) is 6.95. The molecule has 0 atom stereocenters. The molecule has 3 aromatic rings. The summed E-state index contributed by atoms with van der Waals surface area (Å²) < 4.78 is 44.6. The third-order valence-corrected chi connectivity index (χ3v) is 6.15. The first kappa shape index (κ1) is 25.0. The van der Waals surface area contributed by atoms with Crippen molar-refractivity contribution in [2.24, 2.45) is 0 Å². The number of amides is 2. The van der Waals surface area contributed by atoms with Crippen LogP contribution in [0.1, 0.15) is 22.3 Å². The molecule has 11 heteroatoms. The van der Waals surface area contributed by atoms with Crippen molar-refractivity contribution in [1.29, 1.82) is 0 Å². The van der Waals surface area contributed by atoms with E-state index in [4.69, 9.17) is 4.74 Å². The molecule has 0 N–H and O–H groups in total. The van der Waals surface area contributed by atoms with Gasteiger partial charge in [-0.25, -0.2) is 0 Å². The Labute approximate surface area is 207 Å². The van der Waals surface area contributed by atoms with Crippen LogP contribution in [0.3, 0.4) is 0 Å². The van der Waals surface area contributed by atoms with Gasteiger partial charge in [-0.2, -0.15) is 13.2 Å². The van der Waals surface area contributed by atoms with E-state index in [9.17, 15) is 32.9 Å². The Hall–Kier alpha value is -4.12. The number of carbonyl (C=O) groups excluding carboxylic acids is 2. The van der Waals surface area contributed by atoms with Gasteiger partial charge in [0.2, 0.25) is 5.75 Å². The van der Waals surface area contributed by atoms with E-state index >= 15 is 0 Å². The average molecular weight is 514 g/mol. The van der Waals surface area contributed by atoms with E-state index in [1.807, 2.05) is 31.2 Å². The number of carbonyl (C=O) groups is 2. The van der Waals surface area contributed by atoms with Crippen LogP contribution in [0.25, 0.3) is 6.08 Å². The Balaban J connectivity index is 1.62. The van der Waals surface area contributed by atoms with Gasteiger partial charge >= 0.3 is 11.9 Å². The van der Waals surface area contributed by atoms with Crippen molar-refractivity contribution in [1.82, 2.24) is 4.90 Å². The molecule has 0 spiro atoms. The number of alkyl halides is 3. The molecule has 0 bridgehead atoms. The van der Waals surface area contributed by atoms with Crippen LogP contribution in [0.15, 0.2) is 71.6 Å². The molecule has 3 aromatic carbocycles. The highest BCUT2D eigenvalue weighted by Gasteiger charge is 2.36. The van der Waals surface area contributed by atoms with E-state index in [-0.39, 0.29) is 17.2 Å². The van der Waals surface area contributed by atoms with Gasteiger partial charge in [0.1, 0.15) is 5.75 Å². The molecule has 0 saturated carbocycles. The number of imide groups is 1. The van der Waals surface area contributed by atoms with Crippen LogP contribution in [0.5, 0.6) is 11.5 Å². The molecular weight excluding hydrogens is 497 g/mol. The highest BCUT2D eigenvalue weighted by atomic mass is 32.2. The number of thioether (sulfide) groups is 1. The first-order valence-electron chi connectivity index (χ1n) is 10.5. The SMILES string of the molecule is Cc1ccc(CN2C(=O)S/C(=C\c3ccccc3Oc3ccc(C(F)(F)F)cc3[N+](=O)[O-])C2=O)cc1. The number of nitrogens with zero attached hydrogens (tertiary/aromatic N) is 2. The van der Waals surface area contributed by atoms with Gasteiger partial charge in [0, 0.05) is 11.6 Å². The Morgan fingerprint density at radius 1 is 1.03 bits per heavy atom. The number of halogens is 3. The number of para-hydroxylation sites is 1. The quantitative estimate of drug-likeness (QED) is 0.201. The molecule has 1 heterocycles. The topological polar surface area (TPSA) is 89.8 Å². The van der Waals surface area contributed by atoms with E-state index < -0.39 is 39.2 Å². The highest BCUT2D eigenvalue weighted by Crippen LogP contribution is 2.40. The number of nitro benzene ring substituents is 1. The van der Waals surface area contributed by atoms with Crippen molar-refractivity contribution in [3.8, 4) is 11.5 Å². The maximum absolute atomic E-state index is 13.0. The number of benzene rings is 3. The van der Waals surface area contributed by atoms with Crippen molar-refractivity contribution in [2.75, 3.05) is 0 Å². The Morgan fingerprint density at radius 2 is 1.72 bits per heavy atom. The summed E-state index contributed by atoms with van der Waals surface area (Å²) >= 11 is 0.737. The fraction of sp³-hybridized carbons (Fsp3) is 0.120. The van der Waals surface area contributed by atoms with Crippen molar-refractivity contribution in [3.63, 3.8) is 0 Å². The molecule has 4 rings (SSSR count). The van der Waals surface area contributed by atoms with E-state index in [1.165, 1.54) is 12.1 Å². The third-order valence-electron chi connectivity index (χ3n) is 5.24. The molecule has 184 valence electrons. The molecule has 7 nitrogen and oxygen atoms in total. The van der Waals surface area contributed by atoms with Crippen LogP contribution < -0.4 is 4.74 Å². The van der Waals surface area contributed by atoms with Crippen LogP contribution in [0.2, 0.25) is 0 Å². The maximum Gasteiger partial charge on any atom is 0.416 e. The summed E-state index contributed by atoms with van der Waals surface area (Å²) in [5, 5.41) is 10.9. The lowest BCUT2D eigenvalue weighted by molar-refractivity contribution is -0.385. The average Bonchev–Trinajstić information content (AvgIpc) is 3.08. The lowest BCUT2D eigenvalue weighted by Gasteiger charge is -2.13. The molecule has 0 radical (unpaired) electrons. The summed E-state index contributed by atoms with van der Waals surface area (Å²) in [7, 11) is 0. The molecule has 1 fully saturated rings. The van der Waals surface area contributed by atoms with E-state index in [0.717, 1.165) is 33.9 Å². The fourth-order valence-corrected chi connectivity index (χ4v) is 4.22. The fourth-order valence-electron chi connectivity index (χ4n) is 3.39. The zero-order valence-corrected chi connectivity index (χ0v) is 19.4. The van der Waals surface area contributed by atoms with E-state index in [2.05, 4.69) is 0 Å². The molecule has 1 aliphatic heterocycles. The molecule has 0 aromatic heterocycles. The van der Waals surface area contributed by atoms with Gasteiger partial charge in [0.25, 0.3) is 11.1 Å². The molecular formula is C25H17F3N2O5S. The van der Waals surface area contributed by atoms with Gasteiger partial charge in [-0.15, -0.1) is 0 Å². The minimum atomic E-state index is -4.76. The Bertz CT molecular complexity index is 1390. The van der Waals surface area contributed by atoms with E-state index in [0.29, 0.717) is 17.7 Å². The minimum absolute atomic E-state index is 0.0608. The number of rotatable bonds is 6. The van der Waals surface area contributed by atoms with Crippen molar-refractivity contribution >= 4 is 34.7 Å². The molecule has 1 aliphatic rings. The summed E-state index contributed by atoms with van der Waals surface area (Å²) in [5.41, 5.74) is 0.0860. The summed E-state index contributed by atoms with van der Waals surface area (Å²) in [6.45, 7) is 2.02. The second-order valence-corrected chi connectivity index (χ2v) is 8.82. The van der Waals surface area contributed by atoms with Crippen LogP contribution in [0.4, 0.5) is 23.7 Å². The summed E-state index contributed by atoms with van der Waals surface area (Å²) in [6.07, 6.45) is -3.35. The van der Waals surface area contributed by atoms with Crippen molar-refractivity contribution in [3.05, 3.63) is 104 Å². The second-order valence-electron chi connectivity index (χ2n) is 7.83. The van der Waals surface area contributed by atoms with Gasteiger partial charge in [0.15, 0.2) is 0 Å². The second kappa shape index (κ2) is 9.86. The maximum atomic E-state index is 13.0. The van der Waals surface area contributed by atoms with Crippen molar-refractivity contribution in [2.45, 2.75) is 19.6 Å². The molecule has 36 heavy (non-hydrogen) atoms.